The number of carbonyl (C=O) groups excluding carboxylic acids is 1. The van der Waals surface area contributed by atoms with Crippen LogP contribution in [0.3, 0.4) is 0 Å². The Hall–Kier alpha value is -3.95. The molecule has 0 saturated carbocycles. The third-order valence-electron chi connectivity index (χ3n) is 4.59. The fourth-order valence-corrected chi connectivity index (χ4v) is 3.23. The number of primary amides is 1. The number of amides is 1. The van der Waals surface area contributed by atoms with Gasteiger partial charge in [0.25, 0.3) is 0 Å². The Balaban J connectivity index is 1.49. The number of imidazole rings is 1. The van der Waals surface area contributed by atoms with Gasteiger partial charge in [-0.1, -0.05) is 6.07 Å². The van der Waals surface area contributed by atoms with Crippen molar-refractivity contribution in [3.05, 3.63) is 66.7 Å². The molecule has 0 spiro atoms. The Morgan fingerprint density at radius 2 is 1.97 bits per heavy atom. The van der Waals surface area contributed by atoms with E-state index in [0.29, 0.717) is 12.1 Å². The number of halogens is 3. The molecule has 160 valence electrons. The summed E-state index contributed by atoms with van der Waals surface area (Å²) in [6, 6.07) is 10.5. The maximum absolute atomic E-state index is 12.4. The summed E-state index contributed by atoms with van der Waals surface area (Å²) in [5.74, 6) is -0.619. The van der Waals surface area contributed by atoms with Crippen molar-refractivity contribution in [1.29, 1.82) is 0 Å². The number of hydrogen-bond acceptors (Lipinski definition) is 4. The van der Waals surface area contributed by atoms with Crippen LogP contribution in [0.1, 0.15) is 10.4 Å². The third kappa shape index (κ3) is 4.63. The van der Waals surface area contributed by atoms with Crippen LogP contribution in [0, 0.1) is 0 Å². The SMILES string of the molecule is NC(=O)c1ccc2[nH]cc(-c3cncn3CCOc3cccc(OC(F)(F)F)c3)c2c1. The molecule has 3 N–H and O–H groups in total. The second-order valence-corrected chi connectivity index (χ2v) is 6.67. The number of alkyl halides is 3. The Morgan fingerprint density at radius 3 is 2.74 bits per heavy atom. The molecule has 0 atom stereocenters. The van der Waals surface area contributed by atoms with E-state index in [0.717, 1.165) is 22.2 Å². The van der Waals surface area contributed by atoms with Crippen molar-refractivity contribution in [2.45, 2.75) is 12.9 Å². The van der Waals surface area contributed by atoms with E-state index in [9.17, 15) is 18.0 Å². The minimum atomic E-state index is -4.77. The zero-order chi connectivity index (χ0) is 22.0. The standard InChI is InChI=1S/C21H17F3N4O3/c22-21(23,24)31-15-3-1-2-14(9-15)30-7-6-28-12-26-11-19(28)17-10-27-18-5-4-13(20(25)29)8-16(17)18/h1-5,8-12,27H,6-7H2,(H2,25,29). The maximum atomic E-state index is 12.4. The Bertz CT molecular complexity index is 1230. The van der Waals surface area contributed by atoms with Crippen molar-refractivity contribution >= 4 is 16.8 Å². The van der Waals surface area contributed by atoms with Gasteiger partial charge in [0, 0.05) is 34.3 Å². The Morgan fingerprint density at radius 1 is 1.16 bits per heavy atom. The molecular weight excluding hydrogens is 413 g/mol. The van der Waals surface area contributed by atoms with Gasteiger partial charge in [0.2, 0.25) is 5.91 Å². The van der Waals surface area contributed by atoms with Gasteiger partial charge in [-0.3, -0.25) is 4.79 Å². The smallest absolute Gasteiger partial charge is 0.492 e. The topological polar surface area (TPSA) is 95.2 Å². The number of ether oxygens (including phenoxy) is 2. The first-order chi connectivity index (χ1) is 14.8. The van der Waals surface area contributed by atoms with Gasteiger partial charge in [-0.15, -0.1) is 13.2 Å². The number of aromatic amines is 1. The fraction of sp³-hybridized carbons (Fsp3) is 0.143. The fourth-order valence-electron chi connectivity index (χ4n) is 3.23. The largest absolute Gasteiger partial charge is 0.573 e. The number of nitrogens with one attached hydrogen (secondary N) is 1. The van der Waals surface area contributed by atoms with Gasteiger partial charge in [0.15, 0.2) is 0 Å². The van der Waals surface area contributed by atoms with Crippen LogP contribution in [-0.2, 0) is 6.54 Å². The first kappa shape index (κ1) is 20.3. The lowest BCUT2D eigenvalue weighted by Gasteiger charge is -2.12. The molecule has 0 unspecified atom stereocenters. The number of fused-ring (bicyclic) bond motifs is 1. The lowest BCUT2D eigenvalue weighted by molar-refractivity contribution is -0.274. The Kier molecular flexibility index (Phi) is 5.28. The summed E-state index contributed by atoms with van der Waals surface area (Å²) in [6.45, 7) is 0.579. The molecule has 0 fully saturated rings. The first-order valence-corrected chi connectivity index (χ1v) is 9.20. The zero-order valence-corrected chi connectivity index (χ0v) is 16.0. The monoisotopic (exact) mass is 430 g/mol. The quantitative estimate of drug-likeness (QED) is 0.461. The number of aromatic nitrogens is 3. The minimum Gasteiger partial charge on any atom is -0.492 e. The van der Waals surface area contributed by atoms with Crippen LogP contribution in [0.2, 0.25) is 0 Å². The van der Waals surface area contributed by atoms with Gasteiger partial charge in [-0.25, -0.2) is 4.98 Å². The van der Waals surface area contributed by atoms with E-state index in [1.807, 2.05) is 10.8 Å². The number of carbonyl (C=O) groups is 1. The van der Waals surface area contributed by atoms with Gasteiger partial charge < -0.3 is 24.8 Å². The predicted octanol–water partition coefficient (Wildman–Crippen LogP) is 4.11. The number of benzene rings is 2. The van der Waals surface area contributed by atoms with Gasteiger partial charge in [-0.2, -0.15) is 0 Å². The molecule has 10 heteroatoms. The summed E-state index contributed by atoms with van der Waals surface area (Å²) in [5.41, 5.74) is 8.23. The summed E-state index contributed by atoms with van der Waals surface area (Å²) in [6.07, 6.45) is 0.343. The van der Waals surface area contributed by atoms with Crippen molar-refractivity contribution in [2.24, 2.45) is 5.73 Å². The van der Waals surface area contributed by atoms with Gasteiger partial charge in [-0.05, 0) is 30.3 Å². The lowest BCUT2D eigenvalue weighted by Crippen LogP contribution is -2.17. The lowest BCUT2D eigenvalue weighted by atomic mass is 10.1. The first-order valence-electron chi connectivity index (χ1n) is 9.20. The van der Waals surface area contributed by atoms with Crippen molar-refractivity contribution in [1.82, 2.24) is 14.5 Å². The van der Waals surface area contributed by atoms with E-state index < -0.39 is 12.3 Å². The summed E-state index contributed by atoms with van der Waals surface area (Å²) in [7, 11) is 0. The molecule has 1 amide bonds. The second kappa shape index (κ2) is 8.05. The Labute approximate surface area is 174 Å². The van der Waals surface area contributed by atoms with Crippen LogP contribution < -0.4 is 15.2 Å². The maximum Gasteiger partial charge on any atom is 0.573 e. The third-order valence-corrected chi connectivity index (χ3v) is 4.59. The van der Waals surface area contributed by atoms with E-state index in [-0.39, 0.29) is 18.1 Å². The van der Waals surface area contributed by atoms with Gasteiger partial charge >= 0.3 is 6.36 Å². The molecule has 2 heterocycles. The highest BCUT2D eigenvalue weighted by Crippen LogP contribution is 2.30. The van der Waals surface area contributed by atoms with Crippen LogP contribution in [0.25, 0.3) is 22.2 Å². The molecule has 7 nitrogen and oxygen atoms in total. The van der Waals surface area contributed by atoms with E-state index in [2.05, 4.69) is 14.7 Å². The number of nitrogens with zero attached hydrogens (tertiary/aromatic N) is 2. The average Bonchev–Trinajstić information content (AvgIpc) is 3.32. The molecule has 0 saturated heterocycles. The van der Waals surface area contributed by atoms with Crippen LogP contribution in [0.15, 0.2) is 61.2 Å². The molecule has 2 aromatic carbocycles. The average molecular weight is 430 g/mol. The molecule has 4 aromatic rings. The molecular formula is C21H17F3N4O3. The number of nitrogens with two attached hydrogens (primary N) is 1. The summed E-state index contributed by atoms with van der Waals surface area (Å²) >= 11 is 0. The molecule has 0 aliphatic carbocycles. The number of rotatable bonds is 7. The molecule has 31 heavy (non-hydrogen) atoms. The van der Waals surface area contributed by atoms with Crippen LogP contribution in [0.4, 0.5) is 13.2 Å². The minimum absolute atomic E-state index is 0.188. The van der Waals surface area contributed by atoms with E-state index in [1.54, 1.807) is 36.8 Å². The summed E-state index contributed by atoms with van der Waals surface area (Å²) < 4.78 is 48.4. The van der Waals surface area contributed by atoms with Crippen molar-refractivity contribution in [3.8, 4) is 22.8 Å². The predicted molar refractivity (Wildman–Crippen MR) is 107 cm³/mol. The van der Waals surface area contributed by atoms with Crippen molar-refractivity contribution < 1.29 is 27.4 Å². The molecule has 0 aliphatic heterocycles. The van der Waals surface area contributed by atoms with Gasteiger partial charge in [0.05, 0.1) is 24.8 Å². The molecule has 0 bridgehead atoms. The van der Waals surface area contributed by atoms with Crippen LogP contribution in [0.5, 0.6) is 11.5 Å². The molecule has 0 aliphatic rings. The highest BCUT2D eigenvalue weighted by molar-refractivity contribution is 6.01. The van der Waals surface area contributed by atoms with E-state index in [4.69, 9.17) is 10.5 Å². The molecule has 2 aromatic heterocycles. The second-order valence-electron chi connectivity index (χ2n) is 6.67. The van der Waals surface area contributed by atoms with Gasteiger partial charge in [0.1, 0.15) is 18.1 Å². The normalized spacial score (nSPS) is 11.6. The van der Waals surface area contributed by atoms with Crippen LogP contribution >= 0.6 is 0 Å². The van der Waals surface area contributed by atoms with Crippen molar-refractivity contribution in [3.63, 3.8) is 0 Å². The molecule has 0 radical (unpaired) electrons. The molecule has 4 rings (SSSR count). The summed E-state index contributed by atoms with van der Waals surface area (Å²) in [5, 5.41) is 0.816. The van der Waals surface area contributed by atoms with E-state index >= 15 is 0 Å². The van der Waals surface area contributed by atoms with Crippen molar-refractivity contribution in [2.75, 3.05) is 6.61 Å². The van der Waals surface area contributed by atoms with E-state index in [1.165, 1.54) is 18.2 Å². The van der Waals surface area contributed by atoms with Crippen LogP contribution in [-0.4, -0.2) is 33.4 Å². The zero-order valence-electron chi connectivity index (χ0n) is 16.0. The highest BCUT2D eigenvalue weighted by atomic mass is 19.4. The summed E-state index contributed by atoms with van der Waals surface area (Å²) in [4.78, 5) is 18.8. The highest BCUT2D eigenvalue weighted by Gasteiger charge is 2.31. The number of hydrogen-bond donors (Lipinski definition) is 2. The number of H-pyrrole nitrogens is 1.